The molecule has 0 N–H and O–H groups in total. The Hall–Kier alpha value is -0.930. The molecule has 5 rings (SSSR count). The van der Waals surface area contributed by atoms with Crippen LogP contribution in [0.25, 0.3) is 0 Å². The van der Waals surface area contributed by atoms with Gasteiger partial charge in [-0.2, -0.15) is 4.39 Å². The Labute approximate surface area is 219 Å². The van der Waals surface area contributed by atoms with E-state index in [0.29, 0.717) is 29.6 Å². The highest BCUT2D eigenvalue weighted by Crippen LogP contribution is 2.77. The molecular weight excluding hydrogens is 451 g/mol. The summed E-state index contributed by atoms with van der Waals surface area (Å²) in [4.78, 5) is 24.5. The largest absolute Gasteiger partial charge is 0.462 e. The molecular formula is C32H51FO3. The minimum absolute atomic E-state index is 0.000472. The van der Waals surface area contributed by atoms with Crippen LogP contribution >= 0.6 is 0 Å². The maximum absolute atomic E-state index is 14.9. The fourth-order valence-electron chi connectivity index (χ4n) is 12.1. The zero-order chi connectivity index (χ0) is 26.5. The van der Waals surface area contributed by atoms with Gasteiger partial charge in [0.1, 0.15) is 6.10 Å². The Morgan fingerprint density at radius 2 is 1.50 bits per heavy atom. The average molecular weight is 503 g/mol. The second kappa shape index (κ2) is 8.28. The van der Waals surface area contributed by atoms with Crippen molar-refractivity contribution in [3.63, 3.8) is 0 Å². The lowest BCUT2D eigenvalue weighted by atomic mass is 9.32. The average Bonchev–Trinajstić information content (AvgIpc) is 3.17. The molecule has 0 heterocycles. The molecule has 0 saturated heterocycles. The van der Waals surface area contributed by atoms with E-state index in [4.69, 9.17) is 4.74 Å². The van der Waals surface area contributed by atoms with E-state index < -0.39 is 11.5 Å². The predicted octanol–water partition coefficient (Wildman–Crippen LogP) is 8.15. The van der Waals surface area contributed by atoms with Crippen LogP contribution in [0.2, 0.25) is 0 Å². The molecule has 5 aliphatic carbocycles. The van der Waals surface area contributed by atoms with Gasteiger partial charge in [0, 0.05) is 12.3 Å². The van der Waals surface area contributed by atoms with Crippen LogP contribution in [0.4, 0.5) is 4.39 Å². The van der Waals surface area contributed by atoms with Crippen molar-refractivity contribution in [2.75, 3.05) is 0 Å². The van der Waals surface area contributed by atoms with E-state index in [1.54, 1.807) is 6.92 Å². The van der Waals surface area contributed by atoms with Gasteiger partial charge in [-0.15, -0.1) is 0 Å². The van der Waals surface area contributed by atoms with Crippen molar-refractivity contribution in [1.82, 2.24) is 0 Å². The summed E-state index contributed by atoms with van der Waals surface area (Å²) >= 11 is 0. The first-order chi connectivity index (χ1) is 16.6. The van der Waals surface area contributed by atoms with E-state index in [-0.39, 0.29) is 39.7 Å². The monoisotopic (exact) mass is 502 g/mol. The Morgan fingerprint density at radius 3 is 2.11 bits per heavy atom. The van der Waals surface area contributed by atoms with Gasteiger partial charge in [0.25, 0.3) is 0 Å². The molecule has 4 heteroatoms. The van der Waals surface area contributed by atoms with Crippen molar-refractivity contribution in [1.29, 1.82) is 0 Å². The number of rotatable bonds is 3. The summed E-state index contributed by atoms with van der Waals surface area (Å²) in [5.41, 5.74) is -0.191. The molecule has 0 aromatic heterocycles. The Morgan fingerprint density at radius 1 is 0.806 bits per heavy atom. The van der Waals surface area contributed by atoms with Crippen LogP contribution in [-0.4, -0.2) is 18.1 Å². The van der Waals surface area contributed by atoms with Crippen molar-refractivity contribution in [3.05, 3.63) is 0 Å². The van der Waals surface area contributed by atoms with Gasteiger partial charge in [-0.25, -0.2) is 0 Å². The molecule has 0 unspecified atom stereocenters. The standard InChI is InChI=1S/C32H51FO3/c1-19(2)21-11-16-32(27(33)35)18-17-30(7)22(26(21)32)9-10-24-29(6)14-13-25(36-20(3)34)28(4,5)23(29)12-15-31(24,30)8/h19,21-26H,9-18H2,1-8H3/t21-,22+,23-,24+,25-,26-,29-,30+,31+,32-/m0/s1. The number of hydrogen-bond acceptors (Lipinski definition) is 3. The molecule has 3 nitrogen and oxygen atoms in total. The fraction of sp³-hybridized carbons (Fsp3) is 0.938. The molecule has 0 aromatic rings. The number of halogens is 1. The van der Waals surface area contributed by atoms with Crippen LogP contribution in [0, 0.1) is 62.6 Å². The second-order valence-electron chi connectivity index (χ2n) is 15.5. The van der Waals surface area contributed by atoms with Gasteiger partial charge >= 0.3 is 12.0 Å². The molecule has 0 aromatic carbocycles. The summed E-state index contributed by atoms with van der Waals surface area (Å²) in [7, 11) is 0. The molecule has 0 radical (unpaired) electrons. The minimum Gasteiger partial charge on any atom is -0.462 e. The first kappa shape index (κ1) is 26.7. The third kappa shape index (κ3) is 3.26. The lowest BCUT2D eigenvalue weighted by Crippen LogP contribution is -2.67. The first-order valence-electron chi connectivity index (χ1n) is 15.0. The molecule has 36 heavy (non-hydrogen) atoms. The minimum atomic E-state index is -1.01. The Balaban J connectivity index is 1.52. The normalized spacial score (nSPS) is 51.5. The molecule has 0 aliphatic heterocycles. The molecule has 10 atom stereocenters. The van der Waals surface area contributed by atoms with Gasteiger partial charge in [-0.1, -0.05) is 48.5 Å². The van der Waals surface area contributed by atoms with Gasteiger partial charge < -0.3 is 4.74 Å². The Kier molecular flexibility index (Phi) is 6.14. The maximum Gasteiger partial charge on any atom is 0.307 e. The number of hydrogen-bond donors (Lipinski definition) is 0. The van der Waals surface area contributed by atoms with Crippen LogP contribution in [0.1, 0.15) is 120 Å². The highest BCUT2D eigenvalue weighted by Gasteiger charge is 2.72. The van der Waals surface area contributed by atoms with E-state index in [1.807, 2.05) is 0 Å². The summed E-state index contributed by atoms with van der Waals surface area (Å²) in [6.45, 7) is 18.5. The molecule has 204 valence electrons. The highest BCUT2D eigenvalue weighted by atomic mass is 19.1. The SMILES string of the molecule is CC(=O)O[C@H]1CC[C@]2(C)[C@H]3CC[C@@H]4[C@@H]5[C@H](C(C)C)CC[C@]5(C(=O)F)CC[C@@]4(C)[C@]3(C)CC[C@H]2C1(C)C. The number of esters is 1. The summed E-state index contributed by atoms with van der Waals surface area (Å²) < 4.78 is 20.8. The molecule has 5 aliphatic rings. The summed E-state index contributed by atoms with van der Waals surface area (Å²) in [5.74, 6) is 2.59. The van der Waals surface area contributed by atoms with E-state index in [1.165, 1.54) is 19.3 Å². The molecule has 5 fully saturated rings. The number of fused-ring (bicyclic) bond motifs is 7. The third-order valence-corrected chi connectivity index (χ3v) is 14.0. The van der Waals surface area contributed by atoms with Crippen LogP contribution < -0.4 is 0 Å². The van der Waals surface area contributed by atoms with Gasteiger partial charge in [0.2, 0.25) is 0 Å². The van der Waals surface area contributed by atoms with Crippen LogP contribution in [0.15, 0.2) is 0 Å². The summed E-state index contributed by atoms with van der Waals surface area (Å²) in [5, 5.41) is 0. The van der Waals surface area contributed by atoms with Crippen molar-refractivity contribution in [2.45, 2.75) is 126 Å². The second-order valence-corrected chi connectivity index (χ2v) is 15.5. The third-order valence-electron chi connectivity index (χ3n) is 14.0. The smallest absolute Gasteiger partial charge is 0.307 e. The van der Waals surface area contributed by atoms with Crippen molar-refractivity contribution >= 4 is 12.0 Å². The maximum atomic E-state index is 14.9. The van der Waals surface area contributed by atoms with Gasteiger partial charge in [-0.3, -0.25) is 9.59 Å². The Bertz CT molecular complexity index is 926. The molecule has 0 bridgehead atoms. The van der Waals surface area contributed by atoms with Crippen molar-refractivity contribution < 1.29 is 18.7 Å². The summed E-state index contributed by atoms with van der Waals surface area (Å²) in [6.07, 6.45) is 10.2. The molecule has 0 amide bonds. The quantitative estimate of drug-likeness (QED) is 0.289. The first-order valence-corrected chi connectivity index (χ1v) is 15.0. The van der Waals surface area contributed by atoms with Crippen molar-refractivity contribution in [2.24, 2.45) is 62.6 Å². The van der Waals surface area contributed by atoms with Crippen LogP contribution in [0.5, 0.6) is 0 Å². The van der Waals surface area contributed by atoms with Gasteiger partial charge in [0.15, 0.2) is 0 Å². The van der Waals surface area contributed by atoms with Gasteiger partial charge in [0.05, 0.1) is 5.41 Å². The van der Waals surface area contributed by atoms with Crippen LogP contribution in [0.3, 0.4) is 0 Å². The van der Waals surface area contributed by atoms with E-state index in [2.05, 4.69) is 48.5 Å². The predicted molar refractivity (Wildman–Crippen MR) is 141 cm³/mol. The zero-order valence-electron chi connectivity index (χ0n) is 24.2. The fourth-order valence-corrected chi connectivity index (χ4v) is 12.1. The number of ether oxygens (including phenoxy) is 1. The van der Waals surface area contributed by atoms with Crippen LogP contribution in [-0.2, 0) is 14.3 Å². The van der Waals surface area contributed by atoms with Gasteiger partial charge in [-0.05, 0) is 116 Å². The lowest BCUT2D eigenvalue weighted by molar-refractivity contribution is -0.250. The summed E-state index contributed by atoms with van der Waals surface area (Å²) in [6, 6.07) is -1.01. The number of carbonyl (C=O) groups excluding carboxylic acids is 2. The van der Waals surface area contributed by atoms with E-state index >= 15 is 0 Å². The zero-order valence-corrected chi connectivity index (χ0v) is 24.2. The number of carbonyl (C=O) groups is 2. The van der Waals surface area contributed by atoms with E-state index in [9.17, 15) is 14.0 Å². The molecule has 0 spiro atoms. The van der Waals surface area contributed by atoms with Crippen molar-refractivity contribution in [3.8, 4) is 0 Å². The highest BCUT2D eigenvalue weighted by molar-refractivity contribution is 5.77. The van der Waals surface area contributed by atoms with E-state index in [0.717, 1.165) is 44.9 Å². The topological polar surface area (TPSA) is 43.4 Å². The molecule has 5 saturated carbocycles. The lowest BCUT2D eigenvalue weighted by Gasteiger charge is -2.72.